The Bertz CT molecular complexity index is 925. The van der Waals surface area contributed by atoms with Crippen LogP contribution in [0.25, 0.3) is 11.5 Å². The zero-order valence-corrected chi connectivity index (χ0v) is 14.9. The molecule has 0 spiro atoms. The van der Waals surface area contributed by atoms with Crippen LogP contribution in [0.4, 0.5) is 10.1 Å². The molecule has 3 aromatic rings. The van der Waals surface area contributed by atoms with Gasteiger partial charge in [0.15, 0.2) is 0 Å². The number of benzene rings is 2. The lowest BCUT2D eigenvalue weighted by Gasteiger charge is -2.11. The van der Waals surface area contributed by atoms with Crippen molar-refractivity contribution < 1.29 is 23.1 Å². The molecule has 0 aliphatic heterocycles. The van der Waals surface area contributed by atoms with Crippen molar-refractivity contribution in [3.63, 3.8) is 0 Å². The minimum absolute atomic E-state index is 0.153. The zero-order valence-electron chi connectivity index (χ0n) is 14.9. The molecule has 0 atom stereocenters. The minimum atomic E-state index is -0.343. The van der Waals surface area contributed by atoms with E-state index < -0.39 is 0 Å². The summed E-state index contributed by atoms with van der Waals surface area (Å²) in [5.74, 6) is 1.17. The van der Waals surface area contributed by atoms with E-state index in [1.165, 1.54) is 19.2 Å². The van der Waals surface area contributed by atoms with Gasteiger partial charge >= 0.3 is 0 Å². The van der Waals surface area contributed by atoms with Crippen LogP contribution >= 0.6 is 0 Å². The molecule has 0 aliphatic carbocycles. The highest BCUT2D eigenvalue weighted by molar-refractivity contribution is 5.92. The molecule has 1 heterocycles. The van der Waals surface area contributed by atoms with Gasteiger partial charge in [-0.2, -0.15) is 0 Å². The summed E-state index contributed by atoms with van der Waals surface area (Å²) >= 11 is 0. The number of hydrogen-bond donors (Lipinski definition) is 1. The molecule has 0 saturated heterocycles. The Morgan fingerprint density at radius 1 is 1.11 bits per heavy atom. The van der Waals surface area contributed by atoms with E-state index in [0.717, 1.165) is 0 Å². The number of methoxy groups -OCH3 is 2. The van der Waals surface area contributed by atoms with Gasteiger partial charge in [0.2, 0.25) is 17.7 Å². The number of rotatable bonds is 7. The molecule has 27 heavy (non-hydrogen) atoms. The predicted octanol–water partition coefficient (Wildman–Crippen LogP) is 3.46. The van der Waals surface area contributed by atoms with Gasteiger partial charge in [0, 0.05) is 24.5 Å². The lowest BCUT2D eigenvalue weighted by molar-refractivity contribution is -0.116. The Labute approximate surface area is 155 Å². The number of anilines is 1. The molecule has 8 heteroatoms. The average Bonchev–Trinajstić information content (AvgIpc) is 3.16. The molecule has 1 N–H and O–H groups in total. The number of aryl methyl sites for hydroxylation is 1. The number of halogens is 1. The summed E-state index contributed by atoms with van der Waals surface area (Å²) in [5, 5.41) is 10.6. The van der Waals surface area contributed by atoms with Gasteiger partial charge in [0.25, 0.3) is 0 Å². The van der Waals surface area contributed by atoms with Crippen molar-refractivity contribution in [3.8, 4) is 23.0 Å². The van der Waals surface area contributed by atoms with Gasteiger partial charge in [-0.05, 0) is 36.4 Å². The van der Waals surface area contributed by atoms with Crippen LogP contribution in [-0.2, 0) is 11.2 Å². The van der Waals surface area contributed by atoms with Crippen molar-refractivity contribution in [3.05, 3.63) is 54.2 Å². The third-order valence-corrected chi connectivity index (χ3v) is 3.81. The monoisotopic (exact) mass is 371 g/mol. The second kappa shape index (κ2) is 8.31. The van der Waals surface area contributed by atoms with Crippen LogP contribution in [0.5, 0.6) is 11.5 Å². The smallest absolute Gasteiger partial charge is 0.247 e. The summed E-state index contributed by atoms with van der Waals surface area (Å²) < 4.78 is 28.9. The Morgan fingerprint density at radius 2 is 1.89 bits per heavy atom. The second-order valence-corrected chi connectivity index (χ2v) is 5.62. The topological polar surface area (TPSA) is 86.5 Å². The van der Waals surface area contributed by atoms with Crippen molar-refractivity contribution in [1.29, 1.82) is 0 Å². The van der Waals surface area contributed by atoms with E-state index in [4.69, 9.17) is 13.9 Å². The number of nitrogens with one attached hydrogen (secondary N) is 1. The molecule has 1 aromatic heterocycles. The quantitative estimate of drug-likeness (QED) is 0.684. The number of hydrogen-bond acceptors (Lipinski definition) is 6. The molecule has 0 aliphatic rings. The van der Waals surface area contributed by atoms with Crippen molar-refractivity contribution >= 4 is 11.6 Å². The molecular formula is C19H18FN3O4. The standard InChI is InChI=1S/C19H18FN3O4/c1-25-14-7-8-15(16(11-14)26-2)21-17(24)9-10-18-22-23-19(27-18)12-3-5-13(20)6-4-12/h3-8,11H,9-10H2,1-2H3,(H,21,24). The van der Waals surface area contributed by atoms with Crippen LogP contribution in [0.1, 0.15) is 12.3 Å². The fraction of sp³-hybridized carbons (Fsp3) is 0.211. The molecule has 0 saturated carbocycles. The lowest BCUT2D eigenvalue weighted by Crippen LogP contribution is -2.13. The average molecular weight is 371 g/mol. The van der Waals surface area contributed by atoms with Gasteiger partial charge in [-0.25, -0.2) is 4.39 Å². The minimum Gasteiger partial charge on any atom is -0.497 e. The Kier molecular flexibility index (Phi) is 5.65. The van der Waals surface area contributed by atoms with Crippen molar-refractivity contribution in [2.24, 2.45) is 0 Å². The summed E-state index contributed by atoms with van der Waals surface area (Å²) in [4.78, 5) is 12.2. The summed E-state index contributed by atoms with van der Waals surface area (Å²) in [5.41, 5.74) is 1.16. The first-order chi connectivity index (χ1) is 13.1. The highest BCUT2D eigenvalue weighted by Gasteiger charge is 2.13. The van der Waals surface area contributed by atoms with Crippen molar-refractivity contribution in [2.45, 2.75) is 12.8 Å². The SMILES string of the molecule is COc1ccc(NC(=O)CCc2nnc(-c3ccc(F)cc3)o2)c(OC)c1. The van der Waals surface area contributed by atoms with Gasteiger partial charge in [0.05, 0.1) is 19.9 Å². The van der Waals surface area contributed by atoms with E-state index in [2.05, 4.69) is 15.5 Å². The number of amides is 1. The van der Waals surface area contributed by atoms with E-state index in [0.29, 0.717) is 28.6 Å². The van der Waals surface area contributed by atoms with Crippen LogP contribution in [0.2, 0.25) is 0 Å². The van der Waals surface area contributed by atoms with E-state index in [9.17, 15) is 9.18 Å². The summed E-state index contributed by atoms with van der Waals surface area (Å²) in [6.07, 6.45) is 0.429. The molecule has 1 amide bonds. The third-order valence-electron chi connectivity index (χ3n) is 3.81. The highest BCUT2D eigenvalue weighted by Crippen LogP contribution is 2.29. The lowest BCUT2D eigenvalue weighted by atomic mass is 10.2. The van der Waals surface area contributed by atoms with Crippen LogP contribution in [0.15, 0.2) is 46.9 Å². The van der Waals surface area contributed by atoms with Gasteiger partial charge in [-0.3, -0.25) is 4.79 Å². The highest BCUT2D eigenvalue weighted by atomic mass is 19.1. The van der Waals surface area contributed by atoms with Crippen LogP contribution in [0, 0.1) is 5.82 Å². The molecule has 0 unspecified atom stereocenters. The molecule has 2 aromatic carbocycles. The Morgan fingerprint density at radius 3 is 2.59 bits per heavy atom. The molecule has 0 fully saturated rings. The number of carbonyl (C=O) groups excluding carboxylic acids is 1. The number of carbonyl (C=O) groups is 1. The molecule has 140 valence electrons. The van der Waals surface area contributed by atoms with Gasteiger partial charge in [0.1, 0.15) is 17.3 Å². The van der Waals surface area contributed by atoms with E-state index in [1.54, 1.807) is 37.4 Å². The predicted molar refractivity (Wildman–Crippen MR) is 96.2 cm³/mol. The first-order valence-corrected chi connectivity index (χ1v) is 8.19. The molecule has 3 rings (SSSR count). The summed E-state index contributed by atoms with van der Waals surface area (Å²) in [6, 6.07) is 10.8. The fourth-order valence-electron chi connectivity index (χ4n) is 2.40. The van der Waals surface area contributed by atoms with Gasteiger partial charge in [-0.15, -0.1) is 10.2 Å². The first kappa shape index (κ1) is 18.4. The van der Waals surface area contributed by atoms with E-state index >= 15 is 0 Å². The maximum absolute atomic E-state index is 13.0. The second-order valence-electron chi connectivity index (χ2n) is 5.62. The van der Waals surface area contributed by atoms with E-state index in [-0.39, 0.29) is 30.5 Å². The molecule has 7 nitrogen and oxygen atoms in total. The largest absolute Gasteiger partial charge is 0.497 e. The first-order valence-electron chi connectivity index (χ1n) is 8.19. The third kappa shape index (κ3) is 4.60. The summed E-state index contributed by atoms with van der Waals surface area (Å²) in [6.45, 7) is 0. The van der Waals surface area contributed by atoms with Crippen molar-refractivity contribution in [1.82, 2.24) is 10.2 Å². The Balaban J connectivity index is 1.59. The number of nitrogens with zero attached hydrogens (tertiary/aromatic N) is 2. The number of aromatic nitrogens is 2. The Hall–Kier alpha value is -3.42. The normalized spacial score (nSPS) is 10.5. The number of ether oxygens (including phenoxy) is 2. The maximum Gasteiger partial charge on any atom is 0.247 e. The van der Waals surface area contributed by atoms with Crippen LogP contribution < -0.4 is 14.8 Å². The zero-order chi connectivity index (χ0) is 19.2. The van der Waals surface area contributed by atoms with Crippen LogP contribution in [-0.4, -0.2) is 30.3 Å². The van der Waals surface area contributed by atoms with Gasteiger partial charge in [-0.1, -0.05) is 0 Å². The summed E-state index contributed by atoms with van der Waals surface area (Å²) in [7, 11) is 3.07. The molecule has 0 bridgehead atoms. The maximum atomic E-state index is 13.0. The van der Waals surface area contributed by atoms with Crippen molar-refractivity contribution in [2.75, 3.05) is 19.5 Å². The van der Waals surface area contributed by atoms with Gasteiger partial charge < -0.3 is 19.2 Å². The molecule has 0 radical (unpaired) electrons. The molecular weight excluding hydrogens is 353 g/mol. The van der Waals surface area contributed by atoms with Crippen LogP contribution in [0.3, 0.4) is 0 Å². The van der Waals surface area contributed by atoms with E-state index in [1.807, 2.05) is 0 Å². The fourth-order valence-corrected chi connectivity index (χ4v) is 2.40.